The Morgan fingerprint density at radius 1 is 1.22 bits per heavy atom. The number of rotatable bonds is 4. The lowest BCUT2D eigenvalue weighted by Gasteiger charge is -2.22. The summed E-state index contributed by atoms with van der Waals surface area (Å²) in [6, 6.07) is 11.3. The SMILES string of the molecule is CC(C)(C)n1nc(C2C[C@@H](O)[C@@H](O)C2)cc1NC(=O)OCc1ccccc1. The number of hydrogen-bond donors (Lipinski definition) is 3. The van der Waals surface area contributed by atoms with Gasteiger partial charge in [-0.05, 0) is 39.2 Å². The van der Waals surface area contributed by atoms with Crippen molar-refractivity contribution in [3.63, 3.8) is 0 Å². The van der Waals surface area contributed by atoms with E-state index in [0.717, 1.165) is 11.3 Å². The van der Waals surface area contributed by atoms with Gasteiger partial charge in [-0.15, -0.1) is 0 Å². The summed E-state index contributed by atoms with van der Waals surface area (Å²) in [6.07, 6.45) is -1.10. The zero-order chi connectivity index (χ0) is 19.6. The van der Waals surface area contributed by atoms with Gasteiger partial charge in [0.05, 0.1) is 23.4 Å². The molecule has 3 atom stereocenters. The van der Waals surface area contributed by atoms with Crippen molar-refractivity contribution < 1.29 is 19.7 Å². The molecule has 7 heteroatoms. The van der Waals surface area contributed by atoms with Gasteiger partial charge in [-0.25, -0.2) is 9.48 Å². The van der Waals surface area contributed by atoms with E-state index in [1.165, 1.54) is 0 Å². The van der Waals surface area contributed by atoms with Gasteiger partial charge < -0.3 is 14.9 Å². The molecule has 1 saturated carbocycles. The summed E-state index contributed by atoms with van der Waals surface area (Å²) in [6.45, 7) is 6.15. The molecule has 7 nitrogen and oxygen atoms in total. The fourth-order valence-corrected chi connectivity index (χ4v) is 3.30. The predicted molar refractivity (Wildman–Crippen MR) is 101 cm³/mol. The van der Waals surface area contributed by atoms with Crippen LogP contribution in [0.2, 0.25) is 0 Å². The van der Waals surface area contributed by atoms with Crippen molar-refractivity contribution in [2.24, 2.45) is 0 Å². The van der Waals surface area contributed by atoms with Gasteiger partial charge in [0, 0.05) is 12.0 Å². The summed E-state index contributed by atoms with van der Waals surface area (Å²) < 4.78 is 7.04. The van der Waals surface area contributed by atoms with E-state index >= 15 is 0 Å². The van der Waals surface area contributed by atoms with Crippen molar-refractivity contribution in [2.45, 2.75) is 63.9 Å². The van der Waals surface area contributed by atoms with Crippen LogP contribution in [0.4, 0.5) is 10.6 Å². The van der Waals surface area contributed by atoms with Crippen molar-refractivity contribution in [3.05, 3.63) is 47.7 Å². The second-order valence-corrected chi connectivity index (χ2v) is 8.03. The van der Waals surface area contributed by atoms with E-state index in [0.29, 0.717) is 18.7 Å². The Morgan fingerprint density at radius 3 is 2.44 bits per heavy atom. The van der Waals surface area contributed by atoms with Gasteiger partial charge in [0.2, 0.25) is 0 Å². The molecule has 0 bridgehead atoms. The molecule has 3 N–H and O–H groups in total. The Morgan fingerprint density at radius 2 is 1.85 bits per heavy atom. The van der Waals surface area contributed by atoms with Gasteiger partial charge in [0.1, 0.15) is 12.4 Å². The van der Waals surface area contributed by atoms with Crippen molar-refractivity contribution in [1.82, 2.24) is 9.78 Å². The molecule has 1 amide bonds. The molecule has 1 aromatic carbocycles. The molecule has 1 heterocycles. The molecule has 0 saturated heterocycles. The van der Waals surface area contributed by atoms with Gasteiger partial charge >= 0.3 is 6.09 Å². The van der Waals surface area contributed by atoms with Crippen LogP contribution in [0.1, 0.15) is 50.8 Å². The molecule has 1 fully saturated rings. The summed E-state index contributed by atoms with van der Waals surface area (Å²) in [5, 5.41) is 27.0. The molecule has 2 aromatic rings. The van der Waals surface area contributed by atoms with Crippen LogP contribution in [0.5, 0.6) is 0 Å². The van der Waals surface area contributed by atoms with Gasteiger partial charge in [0.25, 0.3) is 0 Å². The molecule has 0 aliphatic heterocycles. The van der Waals surface area contributed by atoms with Gasteiger partial charge in [-0.1, -0.05) is 30.3 Å². The third-order valence-electron chi connectivity index (χ3n) is 4.72. The number of hydrogen-bond acceptors (Lipinski definition) is 5. The number of anilines is 1. The van der Waals surface area contributed by atoms with Crippen LogP contribution < -0.4 is 5.32 Å². The molecular weight excluding hydrogens is 346 g/mol. The molecule has 0 spiro atoms. The maximum absolute atomic E-state index is 12.2. The predicted octanol–water partition coefficient (Wildman–Crippen LogP) is 2.99. The van der Waals surface area contributed by atoms with E-state index in [1.54, 1.807) is 10.7 Å². The topological polar surface area (TPSA) is 96.6 Å². The average molecular weight is 373 g/mol. The number of nitrogens with zero attached hydrogens (tertiary/aromatic N) is 2. The zero-order valence-electron chi connectivity index (χ0n) is 15.9. The Kier molecular flexibility index (Phi) is 5.53. The molecule has 0 radical (unpaired) electrons. The molecule has 1 aromatic heterocycles. The van der Waals surface area contributed by atoms with Gasteiger partial charge in [-0.3, -0.25) is 5.32 Å². The van der Waals surface area contributed by atoms with E-state index in [4.69, 9.17) is 4.74 Å². The number of carbonyl (C=O) groups excluding carboxylic acids is 1. The van der Waals surface area contributed by atoms with Gasteiger partial charge in [-0.2, -0.15) is 5.10 Å². The largest absolute Gasteiger partial charge is 0.444 e. The first-order chi connectivity index (χ1) is 12.7. The number of benzene rings is 1. The van der Waals surface area contributed by atoms with E-state index in [2.05, 4.69) is 10.4 Å². The van der Waals surface area contributed by atoms with Crippen LogP contribution in [-0.4, -0.2) is 38.3 Å². The normalized spacial score (nSPS) is 22.6. The quantitative estimate of drug-likeness (QED) is 0.766. The second-order valence-electron chi connectivity index (χ2n) is 8.03. The van der Waals surface area contributed by atoms with E-state index < -0.39 is 18.3 Å². The Balaban J connectivity index is 1.72. The van der Waals surface area contributed by atoms with Crippen LogP contribution in [0.3, 0.4) is 0 Å². The number of aliphatic hydroxyl groups excluding tert-OH is 2. The lowest BCUT2D eigenvalue weighted by molar-refractivity contribution is 0.0438. The first-order valence-corrected chi connectivity index (χ1v) is 9.18. The van der Waals surface area contributed by atoms with Crippen LogP contribution in [-0.2, 0) is 16.9 Å². The molecule has 1 aliphatic rings. The van der Waals surface area contributed by atoms with E-state index in [1.807, 2.05) is 51.1 Å². The molecule has 146 valence electrons. The molecule has 3 rings (SSSR count). The minimum atomic E-state index is -0.734. The Bertz CT molecular complexity index is 772. The molecule has 1 unspecified atom stereocenters. The zero-order valence-corrected chi connectivity index (χ0v) is 15.9. The highest BCUT2D eigenvalue weighted by Crippen LogP contribution is 2.36. The lowest BCUT2D eigenvalue weighted by atomic mass is 10.0. The third kappa shape index (κ3) is 4.67. The first kappa shape index (κ1) is 19.4. The van der Waals surface area contributed by atoms with Crippen molar-refractivity contribution in [1.29, 1.82) is 0 Å². The first-order valence-electron chi connectivity index (χ1n) is 9.18. The number of aromatic nitrogens is 2. The minimum Gasteiger partial charge on any atom is -0.444 e. The van der Waals surface area contributed by atoms with Crippen LogP contribution in [0.15, 0.2) is 36.4 Å². The lowest BCUT2D eigenvalue weighted by Crippen LogP contribution is -2.27. The standard InChI is InChI=1S/C20H27N3O4/c1-20(2,3)23-18(11-15(22-23)14-9-16(24)17(25)10-14)21-19(26)27-12-13-7-5-4-6-8-13/h4-8,11,14,16-17,24-25H,9-10,12H2,1-3H3,(H,21,26)/t14?,16-,17+. The molecular formula is C20H27N3O4. The molecule has 27 heavy (non-hydrogen) atoms. The summed E-state index contributed by atoms with van der Waals surface area (Å²) in [5.41, 5.74) is 1.31. The van der Waals surface area contributed by atoms with Crippen molar-refractivity contribution in [2.75, 3.05) is 5.32 Å². The summed E-state index contributed by atoms with van der Waals surface area (Å²) >= 11 is 0. The second kappa shape index (κ2) is 7.70. The highest BCUT2D eigenvalue weighted by Gasteiger charge is 2.35. The maximum Gasteiger partial charge on any atom is 0.413 e. The maximum atomic E-state index is 12.2. The van der Waals surface area contributed by atoms with Crippen LogP contribution >= 0.6 is 0 Å². The summed E-state index contributed by atoms with van der Waals surface area (Å²) in [5.74, 6) is 0.492. The van der Waals surface area contributed by atoms with E-state index in [9.17, 15) is 15.0 Å². The van der Waals surface area contributed by atoms with Crippen LogP contribution in [0.25, 0.3) is 0 Å². The van der Waals surface area contributed by atoms with Crippen molar-refractivity contribution >= 4 is 11.9 Å². The van der Waals surface area contributed by atoms with Crippen molar-refractivity contribution in [3.8, 4) is 0 Å². The summed E-state index contributed by atoms with van der Waals surface area (Å²) in [4.78, 5) is 12.2. The number of nitrogens with one attached hydrogen (secondary N) is 1. The minimum absolute atomic E-state index is 0.0421. The third-order valence-corrected chi connectivity index (χ3v) is 4.72. The van der Waals surface area contributed by atoms with Gasteiger partial charge in [0.15, 0.2) is 0 Å². The average Bonchev–Trinajstić information content (AvgIpc) is 3.18. The molecule has 1 aliphatic carbocycles. The van der Waals surface area contributed by atoms with E-state index in [-0.39, 0.29) is 18.1 Å². The Labute approximate surface area is 159 Å². The number of amides is 1. The summed E-state index contributed by atoms with van der Waals surface area (Å²) in [7, 11) is 0. The fourth-order valence-electron chi connectivity index (χ4n) is 3.30. The number of ether oxygens (including phenoxy) is 1. The smallest absolute Gasteiger partial charge is 0.413 e. The Hall–Kier alpha value is -2.38. The highest BCUT2D eigenvalue weighted by molar-refractivity contribution is 5.83. The van der Waals surface area contributed by atoms with Crippen LogP contribution in [0, 0.1) is 0 Å². The number of carbonyl (C=O) groups is 1. The monoisotopic (exact) mass is 373 g/mol. The fraction of sp³-hybridized carbons (Fsp3) is 0.500. The number of aliphatic hydroxyl groups is 2. The highest BCUT2D eigenvalue weighted by atomic mass is 16.5.